The highest BCUT2D eigenvalue weighted by atomic mass is 19.4. The van der Waals surface area contributed by atoms with Gasteiger partial charge in [0.05, 0.1) is 12.0 Å². The molecule has 3 amide bonds. The van der Waals surface area contributed by atoms with Crippen molar-refractivity contribution in [1.29, 1.82) is 0 Å². The van der Waals surface area contributed by atoms with Crippen molar-refractivity contribution < 1.29 is 55.0 Å². The SMILES string of the molecule is O=C(Cc1ccc(NC(=O)c2ccccc2Oc2ccccc2)cc1)OCC(C(=O)NCC(F)(F)F)(C(=O)NCC(F)(F)F)c1ccccc1. The largest absolute Gasteiger partial charge is 0.463 e. The molecule has 4 rings (SSSR count). The van der Waals surface area contributed by atoms with Crippen molar-refractivity contribution >= 4 is 29.4 Å². The Kier molecular flexibility index (Phi) is 11.8. The second-order valence-electron chi connectivity index (χ2n) is 10.8. The van der Waals surface area contributed by atoms with Crippen LogP contribution in [0.1, 0.15) is 21.5 Å². The van der Waals surface area contributed by atoms with E-state index in [1.165, 1.54) is 53.1 Å². The number of hydrogen-bond acceptors (Lipinski definition) is 6. The van der Waals surface area contributed by atoms with Gasteiger partial charge in [0.25, 0.3) is 5.91 Å². The second-order valence-corrected chi connectivity index (χ2v) is 10.8. The van der Waals surface area contributed by atoms with Crippen LogP contribution in [0.5, 0.6) is 11.5 Å². The number of hydrogen-bond donors (Lipinski definition) is 3. The summed E-state index contributed by atoms with van der Waals surface area (Å²) in [4.78, 5) is 52.3. The van der Waals surface area contributed by atoms with E-state index in [1.807, 2.05) is 6.07 Å². The number of ether oxygens (including phenoxy) is 2. The molecule has 0 aliphatic carbocycles. The average Bonchev–Trinajstić information content (AvgIpc) is 3.08. The Morgan fingerprint density at radius 3 is 1.70 bits per heavy atom. The molecular formula is C35H29F6N3O6. The Morgan fingerprint density at radius 2 is 1.14 bits per heavy atom. The maximum absolute atomic E-state index is 13.2. The number of carbonyl (C=O) groups excluding carboxylic acids is 4. The molecule has 15 heteroatoms. The molecule has 4 aromatic carbocycles. The van der Waals surface area contributed by atoms with Crippen molar-refractivity contribution in [2.45, 2.75) is 24.2 Å². The van der Waals surface area contributed by atoms with Gasteiger partial charge in [-0.2, -0.15) is 26.3 Å². The fraction of sp³-hybridized carbons (Fsp3) is 0.200. The number of esters is 1. The number of benzene rings is 4. The molecule has 0 heterocycles. The molecule has 50 heavy (non-hydrogen) atoms. The molecule has 4 aromatic rings. The summed E-state index contributed by atoms with van der Waals surface area (Å²) in [5.74, 6) is -3.99. The molecule has 0 radical (unpaired) electrons. The van der Waals surface area contributed by atoms with E-state index in [-0.39, 0.29) is 11.1 Å². The van der Waals surface area contributed by atoms with Crippen molar-refractivity contribution in [2.75, 3.05) is 25.0 Å². The van der Waals surface area contributed by atoms with Gasteiger partial charge in [-0.15, -0.1) is 0 Å². The fourth-order valence-corrected chi connectivity index (χ4v) is 4.63. The minimum absolute atomic E-state index is 0.240. The van der Waals surface area contributed by atoms with Crippen molar-refractivity contribution in [3.63, 3.8) is 0 Å². The van der Waals surface area contributed by atoms with Crippen LogP contribution in [0.4, 0.5) is 32.0 Å². The van der Waals surface area contributed by atoms with Crippen molar-refractivity contribution in [3.8, 4) is 11.5 Å². The summed E-state index contributed by atoms with van der Waals surface area (Å²) >= 11 is 0. The summed E-state index contributed by atoms with van der Waals surface area (Å²) in [6.07, 6.45) is -10.3. The molecule has 0 saturated carbocycles. The second kappa shape index (κ2) is 16.0. The highest BCUT2D eigenvalue weighted by Crippen LogP contribution is 2.29. The Hall–Kier alpha value is -5.86. The standard InChI is InChI=1S/C35H29F6N3O6/c36-34(37,38)20-42-31(47)33(24-9-3-1-4-10-24,32(48)43-21-35(39,40)41)22-49-29(45)19-23-15-17-25(18-16-23)44-30(46)27-13-7-8-14-28(27)50-26-11-5-2-6-12-26/h1-18H,19-22H2,(H,42,47)(H,43,48)(H,44,46). The Labute approximate surface area is 281 Å². The molecule has 0 saturated heterocycles. The van der Waals surface area contributed by atoms with Gasteiger partial charge in [-0.05, 0) is 47.5 Å². The molecule has 9 nitrogen and oxygen atoms in total. The molecule has 0 spiro atoms. The molecule has 262 valence electrons. The topological polar surface area (TPSA) is 123 Å². The van der Waals surface area contributed by atoms with Gasteiger partial charge in [0.2, 0.25) is 11.8 Å². The molecule has 0 aromatic heterocycles. The van der Waals surface area contributed by atoms with Crippen LogP contribution >= 0.6 is 0 Å². The van der Waals surface area contributed by atoms with Crippen LogP contribution < -0.4 is 20.7 Å². The van der Waals surface area contributed by atoms with Crippen LogP contribution in [0, 0.1) is 0 Å². The predicted octanol–water partition coefficient (Wildman–Crippen LogP) is 6.11. The lowest BCUT2D eigenvalue weighted by molar-refractivity contribution is -0.157. The quantitative estimate of drug-likeness (QED) is 0.0879. The van der Waals surface area contributed by atoms with Crippen molar-refractivity contribution in [3.05, 3.63) is 126 Å². The molecule has 0 bridgehead atoms. The fourth-order valence-electron chi connectivity index (χ4n) is 4.63. The van der Waals surface area contributed by atoms with Gasteiger partial charge in [0.1, 0.15) is 31.2 Å². The molecular weight excluding hydrogens is 672 g/mol. The van der Waals surface area contributed by atoms with Gasteiger partial charge in [-0.3, -0.25) is 19.2 Å². The third-order valence-electron chi connectivity index (χ3n) is 7.05. The first-order chi connectivity index (χ1) is 23.7. The van der Waals surface area contributed by atoms with E-state index in [0.717, 1.165) is 12.1 Å². The number of amides is 3. The number of alkyl halides is 6. The molecule has 0 atom stereocenters. The van der Waals surface area contributed by atoms with Gasteiger partial charge < -0.3 is 25.4 Å². The van der Waals surface area contributed by atoms with E-state index >= 15 is 0 Å². The molecule has 3 N–H and O–H groups in total. The first kappa shape index (κ1) is 37.0. The summed E-state index contributed by atoms with van der Waals surface area (Å²) in [7, 11) is 0. The summed E-state index contributed by atoms with van der Waals surface area (Å²) in [5.41, 5.74) is -2.23. The summed E-state index contributed by atoms with van der Waals surface area (Å²) < 4.78 is 88.8. The minimum Gasteiger partial charge on any atom is -0.463 e. The Bertz CT molecular complexity index is 1750. The lowest BCUT2D eigenvalue weighted by Crippen LogP contribution is -2.59. The zero-order chi connectivity index (χ0) is 36.4. The predicted molar refractivity (Wildman–Crippen MR) is 168 cm³/mol. The third-order valence-corrected chi connectivity index (χ3v) is 7.05. The maximum Gasteiger partial charge on any atom is 0.405 e. The zero-order valence-electron chi connectivity index (χ0n) is 25.9. The van der Waals surface area contributed by atoms with E-state index in [0.29, 0.717) is 22.7 Å². The van der Waals surface area contributed by atoms with Crippen LogP contribution in [0.2, 0.25) is 0 Å². The lowest BCUT2D eigenvalue weighted by Gasteiger charge is -2.31. The summed E-state index contributed by atoms with van der Waals surface area (Å²) in [6.45, 7) is -5.04. The molecule has 0 unspecified atom stereocenters. The van der Waals surface area contributed by atoms with Gasteiger partial charge >= 0.3 is 18.3 Å². The summed E-state index contributed by atoms with van der Waals surface area (Å²) in [5, 5.41) is 5.76. The van der Waals surface area contributed by atoms with Crippen LogP contribution in [0.3, 0.4) is 0 Å². The number of rotatable bonds is 13. The highest BCUT2D eigenvalue weighted by Gasteiger charge is 2.50. The number of halogens is 6. The third kappa shape index (κ3) is 10.3. The van der Waals surface area contributed by atoms with Crippen molar-refractivity contribution in [2.24, 2.45) is 0 Å². The number of carbonyl (C=O) groups is 4. The molecule has 0 aliphatic heterocycles. The highest BCUT2D eigenvalue weighted by molar-refractivity contribution is 6.11. The zero-order valence-corrected chi connectivity index (χ0v) is 25.9. The van der Waals surface area contributed by atoms with Gasteiger partial charge in [0, 0.05) is 5.69 Å². The Morgan fingerprint density at radius 1 is 0.620 bits per heavy atom. The van der Waals surface area contributed by atoms with E-state index in [4.69, 9.17) is 9.47 Å². The lowest BCUT2D eigenvalue weighted by atomic mass is 9.79. The molecule has 0 aliphatic rings. The van der Waals surface area contributed by atoms with E-state index in [1.54, 1.807) is 48.5 Å². The van der Waals surface area contributed by atoms with E-state index < -0.39 is 67.6 Å². The van der Waals surface area contributed by atoms with E-state index in [9.17, 15) is 45.5 Å². The molecule has 0 fully saturated rings. The van der Waals surface area contributed by atoms with Crippen LogP contribution in [0.15, 0.2) is 109 Å². The minimum atomic E-state index is -4.93. The van der Waals surface area contributed by atoms with Gasteiger partial charge in [-0.25, -0.2) is 0 Å². The van der Waals surface area contributed by atoms with E-state index in [2.05, 4.69) is 5.32 Å². The monoisotopic (exact) mass is 701 g/mol. The first-order valence-electron chi connectivity index (χ1n) is 14.8. The van der Waals surface area contributed by atoms with Gasteiger partial charge in [0.15, 0.2) is 5.41 Å². The first-order valence-corrected chi connectivity index (χ1v) is 14.8. The Balaban J connectivity index is 1.47. The van der Waals surface area contributed by atoms with Crippen LogP contribution in [-0.4, -0.2) is 55.7 Å². The summed E-state index contributed by atoms with van der Waals surface area (Å²) in [6, 6.07) is 27.6. The normalized spacial score (nSPS) is 11.6. The smallest absolute Gasteiger partial charge is 0.405 e. The number of para-hydroxylation sites is 2. The number of anilines is 1. The average molecular weight is 702 g/mol. The van der Waals surface area contributed by atoms with Crippen LogP contribution in [0.25, 0.3) is 0 Å². The number of nitrogens with one attached hydrogen (secondary N) is 3. The maximum atomic E-state index is 13.2. The van der Waals surface area contributed by atoms with Crippen LogP contribution in [-0.2, 0) is 31.0 Å². The van der Waals surface area contributed by atoms with Gasteiger partial charge in [-0.1, -0.05) is 72.8 Å². The van der Waals surface area contributed by atoms with Crippen molar-refractivity contribution in [1.82, 2.24) is 10.6 Å².